The molecule has 0 spiro atoms. The number of aromatic nitrogens is 2. The highest BCUT2D eigenvalue weighted by molar-refractivity contribution is 7.89. The second kappa shape index (κ2) is 7.77. The third-order valence-corrected chi connectivity index (χ3v) is 6.43. The van der Waals surface area contributed by atoms with Crippen molar-refractivity contribution in [3.05, 3.63) is 77.9 Å². The first-order chi connectivity index (χ1) is 15.4. The van der Waals surface area contributed by atoms with Crippen LogP contribution in [0.2, 0.25) is 0 Å². The van der Waals surface area contributed by atoms with Gasteiger partial charge in [-0.05, 0) is 48.5 Å². The van der Waals surface area contributed by atoms with E-state index in [1.54, 1.807) is 4.90 Å². The number of sulfonamides is 1. The fourth-order valence-corrected chi connectivity index (χ4v) is 4.38. The van der Waals surface area contributed by atoms with Crippen LogP contribution in [0, 0.1) is 0 Å². The minimum absolute atomic E-state index is 0.0329. The summed E-state index contributed by atoms with van der Waals surface area (Å²) in [5.74, 6) is 0.520. The summed E-state index contributed by atoms with van der Waals surface area (Å²) >= 11 is 0. The van der Waals surface area contributed by atoms with Gasteiger partial charge in [-0.1, -0.05) is 18.2 Å². The first-order valence-electron chi connectivity index (χ1n) is 10.0. The van der Waals surface area contributed by atoms with Gasteiger partial charge >= 0.3 is 0 Å². The lowest BCUT2D eigenvalue weighted by molar-refractivity contribution is 0.0733. The lowest BCUT2D eigenvalue weighted by atomic mass is 10.0. The Morgan fingerprint density at radius 2 is 1.84 bits per heavy atom. The molecule has 2 heterocycles. The third-order valence-electron chi connectivity index (χ3n) is 5.50. The van der Waals surface area contributed by atoms with Gasteiger partial charge in [-0.3, -0.25) is 9.89 Å². The SMILES string of the molecule is NS(=O)(=O)c1ccc(C(=O)N2CCOc3ccc(-c4n[nH]c5ccccc45)cc3C2)cc1. The highest BCUT2D eigenvalue weighted by Gasteiger charge is 2.22. The smallest absolute Gasteiger partial charge is 0.254 e. The Hall–Kier alpha value is -3.69. The summed E-state index contributed by atoms with van der Waals surface area (Å²) in [5, 5.41) is 13.7. The lowest BCUT2D eigenvalue weighted by Crippen LogP contribution is -2.32. The predicted molar refractivity (Wildman–Crippen MR) is 120 cm³/mol. The van der Waals surface area contributed by atoms with Crippen molar-refractivity contribution in [2.45, 2.75) is 11.4 Å². The minimum Gasteiger partial charge on any atom is -0.491 e. The van der Waals surface area contributed by atoms with Crippen LogP contribution in [0.3, 0.4) is 0 Å². The normalized spacial score (nSPS) is 14.0. The molecule has 0 aliphatic carbocycles. The summed E-state index contributed by atoms with van der Waals surface area (Å²) in [7, 11) is -3.81. The van der Waals surface area contributed by atoms with E-state index < -0.39 is 10.0 Å². The Bertz CT molecular complexity index is 1430. The molecule has 0 radical (unpaired) electrons. The molecule has 1 aliphatic heterocycles. The largest absolute Gasteiger partial charge is 0.491 e. The number of nitrogens with zero attached hydrogens (tertiary/aromatic N) is 2. The molecular formula is C23H20N4O4S. The van der Waals surface area contributed by atoms with Crippen molar-refractivity contribution in [2.24, 2.45) is 5.14 Å². The number of carbonyl (C=O) groups is 1. The number of benzene rings is 3. The van der Waals surface area contributed by atoms with E-state index >= 15 is 0 Å². The number of H-pyrrole nitrogens is 1. The number of carbonyl (C=O) groups excluding carboxylic acids is 1. The number of aromatic amines is 1. The third kappa shape index (κ3) is 3.72. The molecular weight excluding hydrogens is 428 g/mol. The Labute approximate surface area is 184 Å². The fourth-order valence-electron chi connectivity index (χ4n) is 3.87. The Balaban J connectivity index is 1.45. The first kappa shape index (κ1) is 20.2. The molecule has 1 amide bonds. The number of nitrogens with two attached hydrogens (primary N) is 1. The van der Waals surface area contributed by atoms with Crippen LogP contribution in [-0.2, 0) is 16.6 Å². The molecule has 4 aromatic rings. The quantitative estimate of drug-likeness (QED) is 0.500. The second-order valence-corrected chi connectivity index (χ2v) is 9.15. The topological polar surface area (TPSA) is 118 Å². The van der Waals surface area contributed by atoms with E-state index in [1.165, 1.54) is 24.3 Å². The van der Waals surface area contributed by atoms with E-state index in [4.69, 9.17) is 9.88 Å². The molecule has 8 nitrogen and oxygen atoms in total. The summed E-state index contributed by atoms with van der Waals surface area (Å²) in [6, 6.07) is 19.4. The number of amides is 1. The van der Waals surface area contributed by atoms with Crippen molar-refractivity contribution in [1.82, 2.24) is 15.1 Å². The zero-order valence-electron chi connectivity index (χ0n) is 17.0. The molecule has 0 fully saturated rings. The molecule has 1 aliphatic rings. The Kier molecular flexibility index (Phi) is 4.91. The molecule has 0 unspecified atom stereocenters. The van der Waals surface area contributed by atoms with Gasteiger partial charge < -0.3 is 9.64 Å². The van der Waals surface area contributed by atoms with Gasteiger partial charge in [-0.15, -0.1) is 0 Å². The zero-order valence-corrected chi connectivity index (χ0v) is 17.8. The van der Waals surface area contributed by atoms with Gasteiger partial charge in [-0.25, -0.2) is 13.6 Å². The van der Waals surface area contributed by atoms with E-state index in [9.17, 15) is 13.2 Å². The lowest BCUT2D eigenvalue weighted by Gasteiger charge is -2.20. The predicted octanol–water partition coefficient (Wildman–Crippen LogP) is 2.91. The average Bonchev–Trinajstić information content (AvgIpc) is 3.10. The molecule has 162 valence electrons. The van der Waals surface area contributed by atoms with Crippen LogP contribution in [0.4, 0.5) is 0 Å². The van der Waals surface area contributed by atoms with Crippen LogP contribution >= 0.6 is 0 Å². The summed E-state index contributed by atoms with van der Waals surface area (Å²) in [6.07, 6.45) is 0. The maximum atomic E-state index is 13.1. The standard InChI is InChI=1S/C23H20N4O4S/c24-32(29,30)18-8-5-15(6-9-18)23(28)27-11-12-31-21-10-7-16(13-17(21)14-27)22-19-3-1-2-4-20(19)25-26-22/h1-10,13H,11-12,14H2,(H,25,26)(H2,24,29,30). The number of hydrogen-bond donors (Lipinski definition) is 2. The molecule has 32 heavy (non-hydrogen) atoms. The zero-order chi connectivity index (χ0) is 22.3. The molecule has 0 saturated heterocycles. The number of primary sulfonamides is 1. The average molecular weight is 449 g/mol. The van der Waals surface area contributed by atoms with Crippen LogP contribution in [0.5, 0.6) is 5.75 Å². The number of hydrogen-bond acceptors (Lipinski definition) is 5. The van der Waals surface area contributed by atoms with Gasteiger partial charge in [0.05, 0.1) is 22.7 Å². The Morgan fingerprint density at radius 1 is 1.06 bits per heavy atom. The van der Waals surface area contributed by atoms with Gasteiger partial charge in [0.1, 0.15) is 12.4 Å². The van der Waals surface area contributed by atoms with Gasteiger partial charge in [0.2, 0.25) is 10.0 Å². The molecule has 9 heteroatoms. The number of nitrogens with one attached hydrogen (secondary N) is 1. The fraction of sp³-hybridized carbons (Fsp3) is 0.130. The van der Waals surface area contributed by atoms with Gasteiger partial charge in [0, 0.05) is 28.6 Å². The Morgan fingerprint density at radius 3 is 2.62 bits per heavy atom. The van der Waals surface area contributed by atoms with Crippen molar-refractivity contribution < 1.29 is 17.9 Å². The molecule has 5 rings (SSSR count). The number of fused-ring (bicyclic) bond motifs is 2. The van der Waals surface area contributed by atoms with E-state index in [0.717, 1.165) is 33.5 Å². The van der Waals surface area contributed by atoms with Crippen molar-refractivity contribution in [1.29, 1.82) is 0 Å². The summed E-state index contributed by atoms with van der Waals surface area (Å²) in [6.45, 7) is 1.13. The molecule has 0 bridgehead atoms. The van der Waals surface area contributed by atoms with Crippen LogP contribution in [-0.4, -0.2) is 42.6 Å². The van der Waals surface area contributed by atoms with Crippen molar-refractivity contribution in [2.75, 3.05) is 13.2 Å². The summed E-state index contributed by atoms with van der Waals surface area (Å²) < 4.78 is 28.8. The monoisotopic (exact) mass is 448 g/mol. The van der Waals surface area contributed by atoms with Crippen LogP contribution < -0.4 is 9.88 Å². The molecule has 0 atom stereocenters. The van der Waals surface area contributed by atoms with E-state index in [2.05, 4.69) is 10.2 Å². The number of ether oxygens (including phenoxy) is 1. The maximum Gasteiger partial charge on any atom is 0.254 e. The van der Waals surface area contributed by atoms with Crippen molar-refractivity contribution in [3.63, 3.8) is 0 Å². The number of para-hydroxylation sites is 1. The van der Waals surface area contributed by atoms with Crippen molar-refractivity contribution >= 4 is 26.8 Å². The highest BCUT2D eigenvalue weighted by Crippen LogP contribution is 2.32. The van der Waals surface area contributed by atoms with Crippen LogP contribution in [0.1, 0.15) is 15.9 Å². The second-order valence-electron chi connectivity index (χ2n) is 7.58. The molecule has 0 saturated carbocycles. The van der Waals surface area contributed by atoms with Crippen molar-refractivity contribution in [3.8, 4) is 17.0 Å². The van der Waals surface area contributed by atoms with E-state index in [-0.39, 0.29) is 10.8 Å². The summed E-state index contributed by atoms with van der Waals surface area (Å²) in [4.78, 5) is 14.7. The number of rotatable bonds is 3. The summed E-state index contributed by atoms with van der Waals surface area (Å²) in [5.41, 5.74) is 3.98. The van der Waals surface area contributed by atoms with Crippen LogP contribution in [0.15, 0.2) is 71.6 Å². The van der Waals surface area contributed by atoms with E-state index in [0.29, 0.717) is 25.3 Å². The minimum atomic E-state index is -3.81. The molecule has 3 N–H and O–H groups in total. The van der Waals surface area contributed by atoms with Gasteiger partial charge in [-0.2, -0.15) is 5.10 Å². The highest BCUT2D eigenvalue weighted by atomic mass is 32.2. The maximum absolute atomic E-state index is 13.1. The molecule has 3 aromatic carbocycles. The van der Waals surface area contributed by atoms with Gasteiger partial charge in [0.25, 0.3) is 5.91 Å². The van der Waals surface area contributed by atoms with Gasteiger partial charge in [0.15, 0.2) is 0 Å². The van der Waals surface area contributed by atoms with E-state index in [1.807, 2.05) is 42.5 Å². The first-order valence-corrected chi connectivity index (χ1v) is 11.6. The molecule has 1 aromatic heterocycles. The van der Waals surface area contributed by atoms with Crippen LogP contribution in [0.25, 0.3) is 22.2 Å².